The number of aliphatic hydroxyl groups excluding tert-OH is 1. The van der Waals surface area contributed by atoms with Crippen molar-refractivity contribution >= 4 is 15.9 Å². The summed E-state index contributed by atoms with van der Waals surface area (Å²) in [4.78, 5) is 0. The Bertz CT molecular complexity index is 535. The first-order valence-electron chi connectivity index (χ1n) is 5.78. The van der Waals surface area contributed by atoms with Crippen molar-refractivity contribution in [3.63, 3.8) is 0 Å². The third kappa shape index (κ3) is 3.12. The molecule has 0 amide bonds. The third-order valence-corrected chi connectivity index (χ3v) is 3.39. The summed E-state index contributed by atoms with van der Waals surface area (Å²) in [5.74, 6) is 0.123. The van der Waals surface area contributed by atoms with E-state index in [1.54, 1.807) is 18.2 Å². The molecule has 0 heterocycles. The number of hydrogen-bond acceptors (Lipinski definition) is 2. The second kappa shape index (κ2) is 5.55. The number of halogens is 1. The van der Waals surface area contributed by atoms with Crippen molar-refractivity contribution in [2.45, 2.75) is 19.4 Å². The molecule has 2 rings (SSSR count). The minimum Gasteiger partial charge on any atom is -0.508 e. The molecule has 2 N–H and O–H groups in total. The summed E-state index contributed by atoms with van der Waals surface area (Å²) in [5.41, 5.74) is 2.79. The van der Waals surface area contributed by atoms with Gasteiger partial charge >= 0.3 is 0 Å². The number of phenols is 1. The average Bonchev–Trinajstić information content (AvgIpc) is 2.35. The number of phenolic OH excluding ortho intramolecular Hbond substituents is 1. The molecule has 18 heavy (non-hydrogen) atoms. The van der Waals surface area contributed by atoms with Gasteiger partial charge in [-0.2, -0.15) is 0 Å². The topological polar surface area (TPSA) is 40.5 Å². The van der Waals surface area contributed by atoms with Crippen LogP contribution >= 0.6 is 15.9 Å². The molecule has 94 valence electrons. The molecule has 0 saturated heterocycles. The average molecular weight is 307 g/mol. The van der Waals surface area contributed by atoms with Gasteiger partial charge in [-0.1, -0.05) is 45.8 Å². The molecule has 2 nitrogen and oxygen atoms in total. The molecular weight excluding hydrogens is 292 g/mol. The van der Waals surface area contributed by atoms with Crippen LogP contribution in [0.2, 0.25) is 0 Å². The highest BCUT2D eigenvalue weighted by Crippen LogP contribution is 2.29. The monoisotopic (exact) mass is 306 g/mol. The first kappa shape index (κ1) is 13.1. The standard InChI is InChI=1S/C15H15BrO2/c1-10-2-4-11(5-3-10)8-15(18)13-9-12(16)6-7-14(13)17/h2-7,9,15,17-18H,8H2,1H3. The second-order valence-electron chi connectivity index (χ2n) is 4.41. The van der Waals surface area contributed by atoms with Crippen molar-refractivity contribution in [1.82, 2.24) is 0 Å². The Kier molecular flexibility index (Phi) is 4.04. The Morgan fingerprint density at radius 2 is 1.78 bits per heavy atom. The van der Waals surface area contributed by atoms with Crippen LogP contribution in [0.3, 0.4) is 0 Å². The highest BCUT2D eigenvalue weighted by Gasteiger charge is 2.13. The van der Waals surface area contributed by atoms with Crippen molar-refractivity contribution < 1.29 is 10.2 Å². The fourth-order valence-corrected chi connectivity index (χ4v) is 2.23. The van der Waals surface area contributed by atoms with E-state index in [0.717, 1.165) is 10.0 Å². The first-order valence-corrected chi connectivity index (χ1v) is 6.57. The summed E-state index contributed by atoms with van der Waals surface area (Å²) in [5, 5.41) is 19.9. The van der Waals surface area contributed by atoms with E-state index in [-0.39, 0.29) is 5.75 Å². The number of aliphatic hydroxyl groups is 1. The highest BCUT2D eigenvalue weighted by atomic mass is 79.9. The number of aryl methyl sites for hydroxylation is 1. The van der Waals surface area contributed by atoms with Crippen molar-refractivity contribution in [3.05, 3.63) is 63.6 Å². The quantitative estimate of drug-likeness (QED) is 0.907. The zero-order valence-corrected chi connectivity index (χ0v) is 11.7. The Labute approximate surface area is 115 Å². The Morgan fingerprint density at radius 3 is 2.44 bits per heavy atom. The predicted molar refractivity (Wildman–Crippen MR) is 75.6 cm³/mol. The Morgan fingerprint density at radius 1 is 1.11 bits per heavy atom. The molecule has 0 aliphatic rings. The lowest BCUT2D eigenvalue weighted by Gasteiger charge is -2.13. The summed E-state index contributed by atoms with van der Waals surface area (Å²) in [6.07, 6.45) is -0.213. The largest absolute Gasteiger partial charge is 0.508 e. The molecule has 3 heteroatoms. The van der Waals surface area contributed by atoms with Gasteiger partial charge in [-0.25, -0.2) is 0 Å². The lowest BCUT2D eigenvalue weighted by atomic mass is 10.00. The molecule has 0 radical (unpaired) electrons. The van der Waals surface area contributed by atoms with Crippen LogP contribution in [0.5, 0.6) is 5.75 Å². The summed E-state index contributed by atoms with van der Waals surface area (Å²) in [7, 11) is 0. The van der Waals surface area contributed by atoms with E-state index in [2.05, 4.69) is 15.9 Å². The third-order valence-electron chi connectivity index (χ3n) is 2.90. The lowest BCUT2D eigenvalue weighted by Crippen LogP contribution is -2.02. The summed E-state index contributed by atoms with van der Waals surface area (Å²) >= 11 is 3.34. The van der Waals surface area contributed by atoms with Gasteiger partial charge in [-0.15, -0.1) is 0 Å². The summed E-state index contributed by atoms with van der Waals surface area (Å²) < 4.78 is 0.846. The van der Waals surface area contributed by atoms with E-state index in [4.69, 9.17) is 0 Å². The normalized spacial score (nSPS) is 12.4. The smallest absolute Gasteiger partial charge is 0.121 e. The number of rotatable bonds is 3. The molecule has 0 spiro atoms. The molecule has 0 fully saturated rings. The molecule has 0 bridgehead atoms. The van der Waals surface area contributed by atoms with E-state index < -0.39 is 6.10 Å². The summed E-state index contributed by atoms with van der Waals surface area (Å²) in [6.45, 7) is 2.03. The second-order valence-corrected chi connectivity index (χ2v) is 5.32. The first-order chi connectivity index (χ1) is 8.56. The van der Waals surface area contributed by atoms with Gasteiger partial charge in [0.15, 0.2) is 0 Å². The molecule has 2 aromatic rings. The zero-order valence-electron chi connectivity index (χ0n) is 10.1. The maximum absolute atomic E-state index is 10.2. The van der Waals surface area contributed by atoms with Gasteiger partial charge in [0.25, 0.3) is 0 Å². The maximum Gasteiger partial charge on any atom is 0.121 e. The van der Waals surface area contributed by atoms with E-state index in [9.17, 15) is 10.2 Å². The maximum atomic E-state index is 10.2. The van der Waals surface area contributed by atoms with Crippen molar-refractivity contribution in [1.29, 1.82) is 0 Å². The number of hydrogen-bond donors (Lipinski definition) is 2. The molecule has 1 atom stereocenters. The number of aromatic hydroxyl groups is 1. The highest BCUT2D eigenvalue weighted by molar-refractivity contribution is 9.10. The van der Waals surface area contributed by atoms with Gasteiger partial charge in [0.2, 0.25) is 0 Å². The molecular formula is C15H15BrO2. The molecule has 1 unspecified atom stereocenters. The van der Waals surface area contributed by atoms with Crippen molar-refractivity contribution in [2.75, 3.05) is 0 Å². The SMILES string of the molecule is Cc1ccc(CC(O)c2cc(Br)ccc2O)cc1. The van der Waals surface area contributed by atoms with E-state index in [0.29, 0.717) is 12.0 Å². The van der Waals surface area contributed by atoms with Gasteiger partial charge in [0.1, 0.15) is 5.75 Å². The van der Waals surface area contributed by atoms with Crippen LogP contribution in [0.25, 0.3) is 0 Å². The minimum atomic E-state index is -0.704. The van der Waals surface area contributed by atoms with Crippen LogP contribution in [0.15, 0.2) is 46.9 Å². The fourth-order valence-electron chi connectivity index (χ4n) is 1.85. The van der Waals surface area contributed by atoms with Crippen molar-refractivity contribution in [3.8, 4) is 5.75 Å². The van der Waals surface area contributed by atoms with Crippen LogP contribution in [0.1, 0.15) is 22.8 Å². The van der Waals surface area contributed by atoms with E-state index in [1.165, 1.54) is 5.56 Å². The number of benzene rings is 2. The van der Waals surface area contributed by atoms with Crippen LogP contribution in [0.4, 0.5) is 0 Å². The molecule has 0 saturated carbocycles. The molecule has 2 aromatic carbocycles. The van der Waals surface area contributed by atoms with Gasteiger partial charge in [-0.05, 0) is 30.7 Å². The van der Waals surface area contributed by atoms with E-state index >= 15 is 0 Å². The molecule has 0 aliphatic carbocycles. The van der Waals surface area contributed by atoms with E-state index in [1.807, 2.05) is 31.2 Å². The lowest BCUT2D eigenvalue weighted by molar-refractivity contribution is 0.174. The van der Waals surface area contributed by atoms with Gasteiger partial charge < -0.3 is 10.2 Å². The fraction of sp³-hybridized carbons (Fsp3) is 0.200. The van der Waals surface area contributed by atoms with Gasteiger partial charge in [0, 0.05) is 16.5 Å². The zero-order chi connectivity index (χ0) is 13.1. The van der Waals surface area contributed by atoms with Gasteiger partial charge in [-0.3, -0.25) is 0 Å². The Hall–Kier alpha value is -1.32. The Balaban J connectivity index is 2.18. The van der Waals surface area contributed by atoms with Crippen LogP contribution in [-0.4, -0.2) is 10.2 Å². The van der Waals surface area contributed by atoms with Crippen LogP contribution in [-0.2, 0) is 6.42 Å². The van der Waals surface area contributed by atoms with Crippen LogP contribution < -0.4 is 0 Å². The van der Waals surface area contributed by atoms with Crippen molar-refractivity contribution in [2.24, 2.45) is 0 Å². The molecule has 0 aromatic heterocycles. The van der Waals surface area contributed by atoms with Gasteiger partial charge in [0.05, 0.1) is 6.10 Å². The summed E-state index contributed by atoms with van der Waals surface area (Å²) in [6, 6.07) is 13.1. The van der Waals surface area contributed by atoms with Crippen LogP contribution in [0, 0.1) is 6.92 Å². The predicted octanol–water partition coefficient (Wildman–Crippen LogP) is 3.74. The molecule has 0 aliphatic heterocycles. The minimum absolute atomic E-state index is 0.123.